The molecule has 2 aliphatic rings. The monoisotopic (exact) mass is 170 g/mol. The average Bonchev–Trinajstić information content (AvgIpc) is 2.24. The zero-order chi connectivity index (χ0) is 8.49. The molecule has 0 atom stereocenters. The summed E-state index contributed by atoms with van der Waals surface area (Å²) in [5, 5.41) is 0. The second kappa shape index (κ2) is 7.32. The van der Waals surface area contributed by atoms with Gasteiger partial charge in [-0.05, 0) is 38.5 Å². The smallest absolute Gasteiger partial charge is 0.0823 e. The molecular formula is C10H18O2. The van der Waals surface area contributed by atoms with E-state index in [1.165, 1.54) is 25.7 Å². The Labute approximate surface area is 74.5 Å². The molecule has 1 fully saturated rings. The van der Waals surface area contributed by atoms with Crippen LogP contribution in [0, 0.1) is 0 Å². The topological polar surface area (TPSA) is 18.5 Å². The molecule has 0 amide bonds. The predicted octanol–water partition coefficient (Wildman–Crippen LogP) is 2.85. The molecule has 0 aromatic rings. The Hall–Kier alpha value is -0.340. The summed E-state index contributed by atoms with van der Waals surface area (Å²) in [7, 11) is 0. The molecule has 2 rings (SSSR count). The van der Waals surface area contributed by atoms with Gasteiger partial charge in [-0.25, -0.2) is 9.78 Å². The van der Waals surface area contributed by atoms with E-state index < -0.39 is 0 Å². The molecule has 2 nitrogen and oxygen atoms in total. The number of rotatable bonds is 0. The molecule has 0 bridgehead atoms. The molecule has 0 aromatic heterocycles. The van der Waals surface area contributed by atoms with Crippen molar-refractivity contribution < 1.29 is 9.78 Å². The van der Waals surface area contributed by atoms with E-state index in [1.807, 2.05) is 0 Å². The van der Waals surface area contributed by atoms with Gasteiger partial charge in [0, 0.05) is 0 Å². The van der Waals surface area contributed by atoms with Crippen molar-refractivity contribution in [2.75, 3.05) is 13.2 Å². The van der Waals surface area contributed by atoms with Crippen LogP contribution in [-0.2, 0) is 9.78 Å². The van der Waals surface area contributed by atoms with Crippen LogP contribution < -0.4 is 0 Å². The minimum atomic E-state index is 0.778. The zero-order valence-corrected chi connectivity index (χ0v) is 7.63. The van der Waals surface area contributed by atoms with Gasteiger partial charge >= 0.3 is 0 Å². The Bertz CT molecular complexity index is 97.5. The Morgan fingerprint density at radius 1 is 0.667 bits per heavy atom. The summed E-state index contributed by atoms with van der Waals surface area (Å²) in [6, 6.07) is 0. The number of hydrogen-bond donors (Lipinski definition) is 0. The number of allylic oxidation sites excluding steroid dienone is 2. The maximum atomic E-state index is 4.57. The SMILES string of the molecule is C1=CCCCC1.C1CCOOC1. The van der Waals surface area contributed by atoms with E-state index in [0.717, 1.165) is 26.1 Å². The zero-order valence-electron chi connectivity index (χ0n) is 7.63. The van der Waals surface area contributed by atoms with Crippen LogP contribution in [0.4, 0.5) is 0 Å². The molecule has 0 N–H and O–H groups in total. The lowest BCUT2D eigenvalue weighted by atomic mass is 10.1. The highest BCUT2D eigenvalue weighted by molar-refractivity contribution is 4.85. The minimum Gasteiger partial charge on any atom is -0.237 e. The summed E-state index contributed by atoms with van der Waals surface area (Å²) in [4.78, 5) is 9.14. The highest BCUT2D eigenvalue weighted by Crippen LogP contribution is 2.07. The first-order chi connectivity index (χ1) is 6.00. The molecule has 70 valence electrons. The van der Waals surface area contributed by atoms with Crippen LogP contribution in [0.25, 0.3) is 0 Å². The molecular weight excluding hydrogens is 152 g/mol. The largest absolute Gasteiger partial charge is 0.237 e. The average molecular weight is 170 g/mol. The van der Waals surface area contributed by atoms with Crippen molar-refractivity contribution in [1.82, 2.24) is 0 Å². The van der Waals surface area contributed by atoms with E-state index in [-0.39, 0.29) is 0 Å². The Balaban J connectivity index is 0.000000120. The molecule has 0 radical (unpaired) electrons. The van der Waals surface area contributed by atoms with Gasteiger partial charge in [0.05, 0.1) is 13.2 Å². The molecule has 0 saturated carbocycles. The lowest BCUT2D eigenvalue weighted by molar-refractivity contribution is -0.312. The van der Waals surface area contributed by atoms with Crippen molar-refractivity contribution in [3.8, 4) is 0 Å². The maximum Gasteiger partial charge on any atom is 0.0823 e. The van der Waals surface area contributed by atoms with Crippen LogP contribution in [0.15, 0.2) is 12.2 Å². The first-order valence-corrected chi connectivity index (χ1v) is 4.89. The third-order valence-corrected chi connectivity index (χ3v) is 1.95. The van der Waals surface area contributed by atoms with Gasteiger partial charge in [0.25, 0.3) is 0 Å². The third kappa shape index (κ3) is 5.33. The van der Waals surface area contributed by atoms with Gasteiger partial charge in [0.15, 0.2) is 0 Å². The quantitative estimate of drug-likeness (QED) is 0.411. The fourth-order valence-corrected chi connectivity index (χ4v) is 1.20. The molecule has 1 saturated heterocycles. The van der Waals surface area contributed by atoms with Crippen molar-refractivity contribution in [3.05, 3.63) is 12.2 Å². The van der Waals surface area contributed by atoms with Gasteiger partial charge in [-0.1, -0.05) is 12.2 Å². The Kier molecular flexibility index (Phi) is 5.94. The minimum absolute atomic E-state index is 0.778. The Morgan fingerprint density at radius 3 is 1.33 bits per heavy atom. The fraction of sp³-hybridized carbons (Fsp3) is 0.800. The van der Waals surface area contributed by atoms with Crippen molar-refractivity contribution in [1.29, 1.82) is 0 Å². The van der Waals surface area contributed by atoms with E-state index in [4.69, 9.17) is 0 Å². The van der Waals surface area contributed by atoms with Gasteiger partial charge in [0.1, 0.15) is 0 Å². The van der Waals surface area contributed by atoms with Crippen LogP contribution in [0.2, 0.25) is 0 Å². The Morgan fingerprint density at radius 2 is 1.17 bits per heavy atom. The molecule has 12 heavy (non-hydrogen) atoms. The summed E-state index contributed by atoms with van der Waals surface area (Å²) >= 11 is 0. The highest BCUT2D eigenvalue weighted by Gasteiger charge is 1.95. The third-order valence-electron chi connectivity index (χ3n) is 1.95. The van der Waals surface area contributed by atoms with Crippen LogP contribution in [0.1, 0.15) is 38.5 Å². The van der Waals surface area contributed by atoms with Crippen molar-refractivity contribution in [2.24, 2.45) is 0 Å². The first-order valence-electron chi connectivity index (χ1n) is 4.89. The summed E-state index contributed by atoms with van der Waals surface area (Å²) in [5.74, 6) is 0. The maximum absolute atomic E-state index is 4.57. The van der Waals surface area contributed by atoms with E-state index in [0.29, 0.717) is 0 Å². The van der Waals surface area contributed by atoms with E-state index in [2.05, 4.69) is 21.9 Å². The first kappa shape index (κ1) is 9.75. The molecule has 0 spiro atoms. The van der Waals surface area contributed by atoms with Gasteiger partial charge in [0.2, 0.25) is 0 Å². The van der Waals surface area contributed by atoms with Crippen LogP contribution in [-0.4, -0.2) is 13.2 Å². The van der Waals surface area contributed by atoms with Gasteiger partial charge in [-0.15, -0.1) is 0 Å². The second-order valence-corrected chi connectivity index (χ2v) is 3.11. The molecule has 2 heteroatoms. The summed E-state index contributed by atoms with van der Waals surface area (Å²) in [6.07, 6.45) is 12.3. The van der Waals surface area contributed by atoms with Crippen molar-refractivity contribution in [3.63, 3.8) is 0 Å². The molecule has 0 unspecified atom stereocenters. The highest BCUT2D eigenvalue weighted by atomic mass is 17.2. The summed E-state index contributed by atoms with van der Waals surface area (Å²) in [6.45, 7) is 1.56. The summed E-state index contributed by atoms with van der Waals surface area (Å²) in [5.41, 5.74) is 0. The summed E-state index contributed by atoms with van der Waals surface area (Å²) < 4.78 is 0. The second-order valence-electron chi connectivity index (χ2n) is 3.11. The lowest BCUT2D eigenvalue weighted by Crippen LogP contribution is -2.05. The van der Waals surface area contributed by atoms with Crippen LogP contribution in [0.5, 0.6) is 0 Å². The lowest BCUT2D eigenvalue weighted by Gasteiger charge is -2.07. The van der Waals surface area contributed by atoms with Crippen molar-refractivity contribution in [2.45, 2.75) is 38.5 Å². The molecule has 1 aliphatic heterocycles. The molecule has 0 aromatic carbocycles. The predicted molar refractivity (Wildman–Crippen MR) is 48.7 cm³/mol. The van der Waals surface area contributed by atoms with Crippen LogP contribution >= 0.6 is 0 Å². The van der Waals surface area contributed by atoms with E-state index in [1.54, 1.807) is 0 Å². The van der Waals surface area contributed by atoms with E-state index >= 15 is 0 Å². The molecule has 1 aliphatic carbocycles. The number of hydrogen-bond acceptors (Lipinski definition) is 2. The van der Waals surface area contributed by atoms with Crippen LogP contribution in [0.3, 0.4) is 0 Å². The van der Waals surface area contributed by atoms with Crippen molar-refractivity contribution >= 4 is 0 Å². The fourth-order valence-electron chi connectivity index (χ4n) is 1.20. The normalized spacial score (nSPS) is 22.7. The van der Waals surface area contributed by atoms with Gasteiger partial charge in [-0.3, -0.25) is 0 Å². The standard InChI is InChI=1S/C6H10.C4H8O2/c2*1-2-4-6-5-3-1/h1-2H,3-6H2;1-4H2. The van der Waals surface area contributed by atoms with Gasteiger partial charge < -0.3 is 0 Å². The van der Waals surface area contributed by atoms with Gasteiger partial charge in [-0.2, -0.15) is 0 Å². The molecule has 1 heterocycles. The van der Waals surface area contributed by atoms with E-state index in [9.17, 15) is 0 Å².